The Labute approximate surface area is 152 Å². The van der Waals surface area contributed by atoms with Gasteiger partial charge in [0.2, 0.25) is 0 Å². The fourth-order valence-electron chi connectivity index (χ4n) is 3.22. The summed E-state index contributed by atoms with van der Waals surface area (Å²) in [6.45, 7) is 10.4. The second kappa shape index (κ2) is 8.19. The van der Waals surface area contributed by atoms with Crippen LogP contribution < -0.4 is 5.32 Å². The Balaban J connectivity index is 2.25. The number of urea groups is 1. The summed E-state index contributed by atoms with van der Waals surface area (Å²) < 4.78 is 0. The molecule has 0 aliphatic rings. The lowest BCUT2D eigenvalue weighted by Crippen LogP contribution is -2.52. The van der Waals surface area contributed by atoms with Gasteiger partial charge in [0, 0.05) is 6.04 Å². The van der Waals surface area contributed by atoms with Gasteiger partial charge in [0.05, 0.1) is 11.6 Å². The van der Waals surface area contributed by atoms with Gasteiger partial charge in [-0.1, -0.05) is 67.6 Å². The van der Waals surface area contributed by atoms with E-state index in [1.807, 2.05) is 41.3 Å². The Kier molecular flexibility index (Phi) is 6.24. The molecule has 25 heavy (non-hydrogen) atoms. The Morgan fingerprint density at radius 1 is 1.00 bits per heavy atom. The number of hydrogen-bond donors (Lipinski definition) is 1. The van der Waals surface area contributed by atoms with Crippen molar-refractivity contribution in [1.29, 1.82) is 0 Å². The van der Waals surface area contributed by atoms with Crippen LogP contribution in [0.5, 0.6) is 0 Å². The number of amides is 2. The van der Waals surface area contributed by atoms with Gasteiger partial charge >= 0.3 is 6.03 Å². The lowest BCUT2D eigenvalue weighted by atomic mass is 9.89. The monoisotopic (exact) mass is 338 g/mol. The minimum atomic E-state index is -0.387. The van der Waals surface area contributed by atoms with Crippen molar-refractivity contribution in [2.24, 2.45) is 0 Å². The average Bonchev–Trinajstić information content (AvgIpc) is 2.62. The third-order valence-electron chi connectivity index (χ3n) is 4.99. The van der Waals surface area contributed by atoms with E-state index >= 15 is 0 Å². The van der Waals surface area contributed by atoms with E-state index in [0.29, 0.717) is 0 Å². The molecule has 0 aromatic heterocycles. The standard InChI is InChI=1S/C22H30N2O/c1-6-22(5,20-15-11-8-12-16-20)23-21(25)24(17(2)3)18(4)19-13-9-7-10-14-19/h7-18H,6H2,1-5H3,(H,23,25). The third-order valence-corrected chi connectivity index (χ3v) is 4.99. The molecular weight excluding hydrogens is 308 g/mol. The second-order valence-corrected chi connectivity index (χ2v) is 7.07. The topological polar surface area (TPSA) is 32.3 Å². The molecule has 0 aliphatic heterocycles. The van der Waals surface area contributed by atoms with Crippen LogP contribution in [-0.2, 0) is 5.54 Å². The Bertz CT molecular complexity index is 669. The molecule has 2 aromatic rings. The predicted octanol–water partition coefficient (Wildman–Crippen LogP) is 5.49. The molecule has 3 heteroatoms. The normalized spacial score (nSPS) is 14.6. The van der Waals surface area contributed by atoms with Crippen molar-refractivity contribution < 1.29 is 4.79 Å². The van der Waals surface area contributed by atoms with Gasteiger partial charge in [-0.15, -0.1) is 0 Å². The molecule has 0 spiro atoms. The molecule has 0 bridgehead atoms. The van der Waals surface area contributed by atoms with Crippen LogP contribution in [0.3, 0.4) is 0 Å². The van der Waals surface area contributed by atoms with Crippen molar-refractivity contribution >= 4 is 6.03 Å². The zero-order valence-electron chi connectivity index (χ0n) is 16.0. The highest BCUT2D eigenvalue weighted by Gasteiger charge is 2.31. The molecule has 0 aliphatic carbocycles. The van der Waals surface area contributed by atoms with Gasteiger partial charge in [0.15, 0.2) is 0 Å². The van der Waals surface area contributed by atoms with Crippen molar-refractivity contribution in [3.63, 3.8) is 0 Å². The number of nitrogens with one attached hydrogen (secondary N) is 1. The van der Waals surface area contributed by atoms with Crippen LogP contribution >= 0.6 is 0 Å². The molecule has 2 unspecified atom stereocenters. The highest BCUT2D eigenvalue weighted by Crippen LogP contribution is 2.27. The molecule has 0 radical (unpaired) electrons. The second-order valence-electron chi connectivity index (χ2n) is 7.07. The van der Waals surface area contributed by atoms with Gasteiger partial charge < -0.3 is 10.2 Å². The Morgan fingerprint density at radius 2 is 1.52 bits per heavy atom. The SMILES string of the molecule is CCC(C)(NC(=O)N(C(C)C)C(C)c1ccccc1)c1ccccc1. The predicted molar refractivity (Wildman–Crippen MR) is 104 cm³/mol. The van der Waals surface area contributed by atoms with Gasteiger partial charge in [-0.05, 0) is 45.2 Å². The molecule has 0 heterocycles. The summed E-state index contributed by atoms with van der Waals surface area (Å²) in [5, 5.41) is 3.28. The first-order valence-corrected chi connectivity index (χ1v) is 9.10. The summed E-state index contributed by atoms with van der Waals surface area (Å²) in [6.07, 6.45) is 0.828. The molecule has 2 amide bonds. The summed E-state index contributed by atoms with van der Waals surface area (Å²) in [6, 6.07) is 20.4. The number of rotatable bonds is 6. The zero-order chi connectivity index (χ0) is 18.4. The molecule has 0 saturated carbocycles. The van der Waals surface area contributed by atoms with Crippen molar-refractivity contribution in [3.05, 3.63) is 71.8 Å². The molecule has 2 atom stereocenters. The van der Waals surface area contributed by atoms with E-state index in [9.17, 15) is 4.79 Å². The average molecular weight is 338 g/mol. The van der Waals surface area contributed by atoms with E-state index in [2.05, 4.69) is 64.2 Å². The van der Waals surface area contributed by atoms with Crippen molar-refractivity contribution in [1.82, 2.24) is 10.2 Å². The first-order valence-electron chi connectivity index (χ1n) is 9.10. The highest BCUT2D eigenvalue weighted by atomic mass is 16.2. The van der Waals surface area contributed by atoms with Gasteiger partial charge in [-0.3, -0.25) is 0 Å². The van der Waals surface area contributed by atoms with Crippen LogP contribution in [0.4, 0.5) is 4.79 Å². The number of carbonyl (C=O) groups is 1. The van der Waals surface area contributed by atoms with Crippen LogP contribution in [0, 0.1) is 0 Å². The summed E-state index contributed by atoms with van der Waals surface area (Å²) in [5.74, 6) is 0. The molecule has 0 saturated heterocycles. The lowest BCUT2D eigenvalue weighted by molar-refractivity contribution is 0.148. The molecular formula is C22H30N2O. The minimum absolute atomic E-state index is 0.0121. The maximum Gasteiger partial charge on any atom is 0.318 e. The van der Waals surface area contributed by atoms with Crippen molar-refractivity contribution in [2.75, 3.05) is 0 Å². The van der Waals surface area contributed by atoms with Gasteiger partial charge in [0.1, 0.15) is 0 Å². The van der Waals surface area contributed by atoms with E-state index in [4.69, 9.17) is 0 Å². The van der Waals surface area contributed by atoms with Crippen LogP contribution in [-0.4, -0.2) is 17.0 Å². The van der Waals surface area contributed by atoms with Crippen LogP contribution in [0.2, 0.25) is 0 Å². The lowest BCUT2D eigenvalue weighted by Gasteiger charge is -2.38. The van der Waals surface area contributed by atoms with E-state index in [0.717, 1.165) is 17.5 Å². The van der Waals surface area contributed by atoms with E-state index in [1.54, 1.807) is 0 Å². The quantitative estimate of drug-likeness (QED) is 0.742. The van der Waals surface area contributed by atoms with E-state index < -0.39 is 0 Å². The van der Waals surface area contributed by atoms with Crippen molar-refractivity contribution in [2.45, 2.75) is 58.7 Å². The molecule has 1 N–H and O–H groups in total. The molecule has 3 nitrogen and oxygen atoms in total. The number of benzene rings is 2. The highest BCUT2D eigenvalue weighted by molar-refractivity contribution is 5.76. The molecule has 134 valence electrons. The number of hydrogen-bond acceptors (Lipinski definition) is 1. The van der Waals surface area contributed by atoms with Crippen molar-refractivity contribution in [3.8, 4) is 0 Å². The van der Waals surface area contributed by atoms with E-state index in [1.165, 1.54) is 0 Å². The summed E-state index contributed by atoms with van der Waals surface area (Å²) in [4.78, 5) is 15.1. The van der Waals surface area contributed by atoms with Crippen LogP contribution in [0.1, 0.15) is 58.2 Å². The fourth-order valence-corrected chi connectivity index (χ4v) is 3.22. The third kappa shape index (κ3) is 4.41. The van der Waals surface area contributed by atoms with Crippen LogP contribution in [0.15, 0.2) is 60.7 Å². The Hall–Kier alpha value is -2.29. The zero-order valence-corrected chi connectivity index (χ0v) is 16.0. The fraction of sp³-hybridized carbons (Fsp3) is 0.409. The van der Waals surface area contributed by atoms with Crippen LogP contribution in [0.25, 0.3) is 0 Å². The summed E-state index contributed by atoms with van der Waals surface area (Å²) in [7, 11) is 0. The minimum Gasteiger partial charge on any atom is -0.329 e. The summed E-state index contributed by atoms with van der Waals surface area (Å²) in [5.41, 5.74) is 1.88. The maximum atomic E-state index is 13.2. The Morgan fingerprint density at radius 3 is 2.00 bits per heavy atom. The largest absolute Gasteiger partial charge is 0.329 e. The first kappa shape index (κ1) is 19.0. The smallest absolute Gasteiger partial charge is 0.318 e. The van der Waals surface area contributed by atoms with Gasteiger partial charge in [-0.2, -0.15) is 0 Å². The van der Waals surface area contributed by atoms with Gasteiger partial charge in [0.25, 0.3) is 0 Å². The van der Waals surface area contributed by atoms with E-state index in [-0.39, 0.29) is 23.7 Å². The maximum absolute atomic E-state index is 13.2. The molecule has 2 rings (SSSR count). The molecule has 2 aromatic carbocycles. The van der Waals surface area contributed by atoms with Gasteiger partial charge in [-0.25, -0.2) is 4.79 Å². The number of carbonyl (C=O) groups excluding carboxylic acids is 1. The number of nitrogens with zero attached hydrogens (tertiary/aromatic N) is 1. The molecule has 0 fully saturated rings. The first-order chi connectivity index (χ1) is 11.9. The summed E-state index contributed by atoms with van der Waals surface area (Å²) >= 11 is 0.